The molecule has 1 saturated heterocycles. The molecule has 1 aliphatic rings. The lowest BCUT2D eigenvalue weighted by Crippen LogP contribution is -2.47. The van der Waals surface area contributed by atoms with E-state index in [0.717, 1.165) is 12.8 Å². The second-order valence-electron chi connectivity index (χ2n) is 7.72. The minimum absolute atomic E-state index is 0.0800. The minimum Gasteiger partial charge on any atom is -0.444 e. The summed E-state index contributed by atoms with van der Waals surface area (Å²) in [5, 5.41) is 2.98. The van der Waals surface area contributed by atoms with E-state index in [1.807, 2.05) is 39.0 Å². The summed E-state index contributed by atoms with van der Waals surface area (Å²) in [6, 6.07) is 9.86. The Kier molecular flexibility index (Phi) is 6.45. The largest absolute Gasteiger partial charge is 0.444 e. The Bertz CT molecular complexity index is 580. The van der Waals surface area contributed by atoms with Gasteiger partial charge in [0.25, 0.3) is 0 Å². The fourth-order valence-corrected chi connectivity index (χ4v) is 3.06. The molecule has 5 heteroatoms. The van der Waals surface area contributed by atoms with E-state index in [1.165, 1.54) is 5.56 Å². The van der Waals surface area contributed by atoms with Crippen LogP contribution in [0.4, 0.5) is 4.79 Å². The average Bonchev–Trinajstić information content (AvgIpc) is 3.03. The van der Waals surface area contributed by atoms with Crippen molar-refractivity contribution in [3.63, 3.8) is 0 Å². The molecule has 1 fully saturated rings. The number of ether oxygens (including phenoxy) is 1. The number of carbonyl (C=O) groups is 2. The molecule has 0 bridgehead atoms. The van der Waals surface area contributed by atoms with Crippen molar-refractivity contribution < 1.29 is 14.3 Å². The van der Waals surface area contributed by atoms with E-state index in [9.17, 15) is 9.59 Å². The number of hydrogen-bond acceptors (Lipinski definition) is 3. The van der Waals surface area contributed by atoms with Crippen LogP contribution in [0.15, 0.2) is 30.3 Å². The van der Waals surface area contributed by atoms with E-state index in [4.69, 9.17) is 4.74 Å². The Labute approximate surface area is 150 Å². The highest BCUT2D eigenvalue weighted by Gasteiger charge is 2.36. The molecule has 2 amide bonds. The monoisotopic (exact) mass is 346 g/mol. The smallest absolute Gasteiger partial charge is 0.410 e. The second-order valence-corrected chi connectivity index (χ2v) is 7.72. The molecule has 0 spiro atoms. The van der Waals surface area contributed by atoms with Crippen LogP contribution < -0.4 is 5.32 Å². The normalized spacial score (nSPS) is 18.7. The zero-order valence-corrected chi connectivity index (χ0v) is 15.7. The number of nitrogens with zero attached hydrogens (tertiary/aromatic N) is 1. The van der Waals surface area contributed by atoms with Crippen LogP contribution >= 0.6 is 0 Å². The highest BCUT2D eigenvalue weighted by molar-refractivity contribution is 5.86. The van der Waals surface area contributed by atoms with Gasteiger partial charge >= 0.3 is 6.09 Å². The number of hydrogen-bond donors (Lipinski definition) is 1. The molecule has 1 N–H and O–H groups in total. The summed E-state index contributed by atoms with van der Waals surface area (Å²) in [6.07, 6.45) is 1.99. The molecule has 0 radical (unpaired) electrons. The van der Waals surface area contributed by atoms with Crippen LogP contribution in [0.3, 0.4) is 0 Å². The van der Waals surface area contributed by atoms with Gasteiger partial charge in [0.2, 0.25) is 5.91 Å². The molecular formula is C20H30N2O3. The number of rotatable bonds is 5. The first-order valence-electron chi connectivity index (χ1n) is 9.10. The summed E-state index contributed by atoms with van der Waals surface area (Å²) in [4.78, 5) is 26.3. The van der Waals surface area contributed by atoms with E-state index in [1.54, 1.807) is 4.90 Å². The number of amides is 2. The van der Waals surface area contributed by atoms with Crippen LogP contribution in [0.1, 0.15) is 58.4 Å². The number of likely N-dealkylation sites (tertiary alicyclic amines) is 1. The standard InChI is InChI=1S/C20H30N2O3/c1-15(16-9-6-5-7-10-16)12-13-21-18(23)17-11-8-14-22(17)19(24)25-20(2,3)4/h5-7,9-10,15,17H,8,11-14H2,1-4H3,(H,21,23). The quantitative estimate of drug-likeness (QED) is 0.884. The Hall–Kier alpha value is -2.04. The summed E-state index contributed by atoms with van der Waals surface area (Å²) < 4.78 is 5.41. The van der Waals surface area contributed by atoms with Crippen LogP contribution in [0.5, 0.6) is 0 Å². The Morgan fingerprint density at radius 3 is 2.60 bits per heavy atom. The van der Waals surface area contributed by atoms with Crippen molar-refractivity contribution in [2.45, 2.75) is 64.5 Å². The van der Waals surface area contributed by atoms with E-state index >= 15 is 0 Å². The summed E-state index contributed by atoms with van der Waals surface area (Å²) >= 11 is 0. The summed E-state index contributed by atoms with van der Waals surface area (Å²) in [6.45, 7) is 8.84. The first kappa shape index (κ1) is 19.3. The molecule has 1 aliphatic heterocycles. The Morgan fingerprint density at radius 1 is 1.28 bits per heavy atom. The maximum absolute atomic E-state index is 12.5. The molecule has 138 valence electrons. The van der Waals surface area contributed by atoms with Gasteiger partial charge in [-0.25, -0.2) is 4.79 Å². The van der Waals surface area contributed by atoms with Crippen LogP contribution in [0, 0.1) is 0 Å². The van der Waals surface area contributed by atoms with Gasteiger partial charge < -0.3 is 10.1 Å². The fourth-order valence-electron chi connectivity index (χ4n) is 3.06. The maximum atomic E-state index is 12.5. The highest BCUT2D eigenvalue weighted by Crippen LogP contribution is 2.21. The predicted octanol–water partition coefficient (Wildman–Crippen LogP) is 3.70. The highest BCUT2D eigenvalue weighted by atomic mass is 16.6. The summed E-state index contributed by atoms with van der Waals surface area (Å²) in [7, 11) is 0. The van der Waals surface area contributed by atoms with E-state index in [-0.39, 0.29) is 5.91 Å². The lowest BCUT2D eigenvalue weighted by atomic mass is 9.98. The van der Waals surface area contributed by atoms with Crippen molar-refractivity contribution >= 4 is 12.0 Å². The van der Waals surface area contributed by atoms with Crippen molar-refractivity contribution in [2.24, 2.45) is 0 Å². The van der Waals surface area contributed by atoms with E-state index in [2.05, 4.69) is 24.4 Å². The van der Waals surface area contributed by atoms with Gasteiger partial charge in [0.15, 0.2) is 0 Å². The van der Waals surface area contributed by atoms with Gasteiger partial charge in [-0.3, -0.25) is 9.69 Å². The Morgan fingerprint density at radius 2 is 1.96 bits per heavy atom. The first-order valence-corrected chi connectivity index (χ1v) is 9.10. The SMILES string of the molecule is CC(CCNC(=O)C1CCCN1C(=O)OC(C)(C)C)c1ccccc1. The molecular weight excluding hydrogens is 316 g/mol. The maximum Gasteiger partial charge on any atom is 0.410 e. The van der Waals surface area contributed by atoms with Crippen molar-refractivity contribution in [2.75, 3.05) is 13.1 Å². The van der Waals surface area contributed by atoms with Gasteiger partial charge in [0, 0.05) is 13.1 Å². The third kappa shape index (κ3) is 5.76. The van der Waals surface area contributed by atoms with Crippen LogP contribution in [0.25, 0.3) is 0 Å². The van der Waals surface area contributed by atoms with Gasteiger partial charge in [-0.15, -0.1) is 0 Å². The van der Waals surface area contributed by atoms with Crippen LogP contribution in [-0.4, -0.2) is 41.6 Å². The van der Waals surface area contributed by atoms with E-state index in [0.29, 0.717) is 25.4 Å². The predicted molar refractivity (Wildman–Crippen MR) is 98.4 cm³/mol. The zero-order chi connectivity index (χ0) is 18.4. The summed E-state index contributed by atoms with van der Waals surface area (Å²) in [5.41, 5.74) is 0.722. The molecule has 0 aromatic heterocycles. The molecule has 1 aromatic carbocycles. The average molecular weight is 346 g/mol. The molecule has 2 rings (SSSR count). The van der Waals surface area contributed by atoms with Crippen molar-refractivity contribution in [3.8, 4) is 0 Å². The van der Waals surface area contributed by atoms with Gasteiger partial charge in [-0.05, 0) is 51.5 Å². The number of carbonyl (C=O) groups excluding carboxylic acids is 2. The fraction of sp³-hybridized carbons (Fsp3) is 0.600. The molecule has 2 unspecified atom stereocenters. The topological polar surface area (TPSA) is 58.6 Å². The van der Waals surface area contributed by atoms with Gasteiger partial charge in [0.1, 0.15) is 11.6 Å². The lowest BCUT2D eigenvalue weighted by molar-refractivity contribution is -0.125. The molecule has 0 saturated carbocycles. The molecule has 1 aromatic rings. The lowest BCUT2D eigenvalue weighted by Gasteiger charge is -2.28. The van der Waals surface area contributed by atoms with Gasteiger partial charge in [0.05, 0.1) is 0 Å². The molecule has 2 atom stereocenters. The first-order chi connectivity index (χ1) is 11.8. The minimum atomic E-state index is -0.550. The van der Waals surface area contributed by atoms with Crippen molar-refractivity contribution in [3.05, 3.63) is 35.9 Å². The molecule has 1 heterocycles. The van der Waals surface area contributed by atoms with Gasteiger partial charge in [-0.2, -0.15) is 0 Å². The van der Waals surface area contributed by atoms with Crippen LogP contribution in [0.2, 0.25) is 0 Å². The third-order valence-corrected chi connectivity index (χ3v) is 4.43. The third-order valence-electron chi connectivity index (χ3n) is 4.43. The van der Waals surface area contributed by atoms with Crippen molar-refractivity contribution in [1.29, 1.82) is 0 Å². The van der Waals surface area contributed by atoms with Crippen molar-refractivity contribution in [1.82, 2.24) is 10.2 Å². The molecule has 5 nitrogen and oxygen atoms in total. The Balaban J connectivity index is 1.82. The zero-order valence-electron chi connectivity index (χ0n) is 15.7. The van der Waals surface area contributed by atoms with Gasteiger partial charge in [-0.1, -0.05) is 37.3 Å². The second kappa shape index (κ2) is 8.37. The molecule has 25 heavy (non-hydrogen) atoms. The summed E-state index contributed by atoms with van der Waals surface area (Å²) in [5.74, 6) is 0.302. The molecule has 0 aliphatic carbocycles. The van der Waals surface area contributed by atoms with E-state index < -0.39 is 17.7 Å². The number of nitrogens with one attached hydrogen (secondary N) is 1. The van der Waals surface area contributed by atoms with Crippen LogP contribution in [-0.2, 0) is 9.53 Å². The number of benzene rings is 1.